The summed E-state index contributed by atoms with van der Waals surface area (Å²) in [5.74, 6) is -2.53. The quantitative estimate of drug-likeness (QED) is 0.481. The molecule has 1 atom stereocenters. The van der Waals surface area contributed by atoms with E-state index in [0.717, 1.165) is 0 Å². The molecule has 1 fully saturated rings. The lowest BCUT2D eigenvalue weighted by molar-refractivity contribution is -0.158. The van der Waals surface area contributed by atoms with Gasteiger partial charge in [0.25, 0.3) is 0 Å². The number of rotatable bonds is 7. The van der Waals surface area contributed by atoms with Gasteiger partial charge in [-0.05, 0) is 44.6 Å². The lowest BCUT2D eigenvalue weighted by Crippen LogP contribution is -2.50. The van der Waals surface area contributed by atoms with E-state index >= 15 is 0 Å². The van der Waals surface area contributed by atoms with Crippen LogP contribution >= 0.6 is 0 Å². The van der Waals surface area contributed by atoms with Crippen molar-refractivity contribution in [3.63, 3.8) is 0 Å². The molecule has 0 spiro atoms. The third-order valence-electron chi connectivity index (χ3n) is 4.18. The van der Waals surface area contributed by atoms with Gasteiger partial charge in [-0.1, -0.05) is 0 Å². The van der Waals surface area contributed by atoms with E-state index in [2.05, 4.69) is 0 Å². The minimum absolute atomic E-state index is 0.0382. The highest BCUT2D eigenvalue weighted by Crippen LogP contribution is 2.40. The number of aliphatic carboxylic acids is 2. The molecule has 20 heavy (non-hydrogen) atoms. The molecule has 1 rings (SSSR count). The van der Waals surface area contributed by atoms with Crippen LogP contribution in [0.5, 0.6) is 0 Å². The molecule has 0 bridgehead atoms. The highest BCUT2D eigenvalue weighted by molar-refractivity contribution is 6.05. The Hall–Kier alpha value is -1.47. The summed E-state index contributed by atoms with van der Waals surface area (Å²) in [4.78, 5) is 34.4. The molecule has 0 unspecified atom stereocenters. The van der Waals surface area contributed by atoms with Crippen molar-refractivity contribution in [3.05, 3.63) is 0 Å². The van der Waals surface area contributed by atoms with E-state index in [1.807, 2.05) is 0 Å². The lowest BCUT2D eigenvalue weighted by Gasteiger charge is -2.36. The minimum atomic E-state index is -1.47. The van der Waals surface area contributed by atoms with E-state index in [4.69, 9.17) is 16.6 Å². The largest absolute Gasteiger partial charge is 0.481 e. The molecule has 1 saturated carbocycles. The van der Waals surface area contributed by atoms with Gasteiger partial charge in [0.05, 0.1) is 6.04 Å². The zero-order valence-corrected chi connectivity index (χ0v) is 11.4. The van der Waals surface area contributed by atoms with E-state index in [1.54, 1.807) is 0 Å². The first-order chi connectivity index (χ1) is 9.33. The fourth-order valence-corrected chi connectivity index (χ4v) is 2.74. The third kappa shape index (κ3) is 3.55. The maximum Gasteiger partial charge on any atom is 0.317 e. The molecule has 114 valence electrons. The number of ketones is 1. The Labute approximate surface area is 117 Å². The Bertz CT molecular complexity index is 388. The average molecular weight is 286 g/mol. The van der Waals surface area contributed by atoms with E-state index in [9.17, 15) is 19.5 Å². The number of carbonyl (C=O) groups is 3. The number of hydrogen-bond acceptors (Lipinski definition) is 5. The number of hydrogen-bond donors (Lipinski definition) is 4. The first-order valence-electron chi connectivity index (χ1n) is 6.78. The number of carbonyl (C=O) groups excluding carboxylic acids is 1. The Morgan fingerprint density at radius 2 is 1.75 bits per heavy atom. The number of nitrogens with two attached hydrogens (primary N) is 2. The molecule has 0 saturated heterocycles. The van der Waals surface area contributed by atoms with Crippen LogP contribution in [-0.2, 0) is 14.4 Å². The van der Waals surface area contributed by atoms with Crippen LogP contribution in [0.2, 0.25) is 0 Å². The fourth-order valence-electron chi connectivity index (χ4n) is 2.74. The van der Waals surface area contributed by atoms with Gasteiger partial charge in [0.1, 0.15) is 5.41 Å². The normalized spacial score (nSPS) is 27.8. The van der Waals surface area contributed by atoms with Crippen molar-refractivity contribution in [1.29, 1.82) is 0 Å². The molecule has 1 aliphatic carbocycles. The van der Waals surface area contributed by atoms with Gasteiger partial charge >= 0.3 is 11.9 Å². The van der Waals surface area contributed by atoms with Crippen molar-refractivity contribution in [2.24, 2.45) is 22.8 Å². The second-order valence-corrected chi connectivity index (χ2v) is 5.47. The van der Waals surface area contributed by atoms with E-state index in [1.165, 1.54) is 0 Å². The second kappa shape index (κ2) is 6.81. The summed E-state index contributed by atoms with van der Waals surface area (Å²) in [5.41, 5.74) is 9.78. The molecule has 0 aromatic carbocycles. The van der Waals surface area contributed by atoms with Crippen LogP contribution in [0.25, 0.3) is 0 Å². The topological polar surface area (TPSA) is 144 Å². The van der Waals surface area contributed by atoms with Crippen LogP contribution in [0.1, 0.15) is 38.5 Å². The average Bonchev–Trinajstić information content (AvgIpc) is 2.43. The zero-order chi connectivity index (χ0) is 15.3. The highest BCUT2D eigenvalue weighted by atomic mass is 16.4. The SMILES string of the molecule is NCC1CCC(C(=O)O)(C(=O)[C@@H](N)CCC(=O)O)CC1. The second-order valence-electron chi connectivity index (χ2n) is 5.47. The summed E-state index contributed by atoms with van der Waals surface area (Å²) in [5, 5.41) is 18.0. The van der Waals surface area contributed by atoms with Crippen molar-refractivity contribution in [3.8, 4) is 0 Å². The van der Waals surface area contributed by atoms with Gasteiger partial charge in [0.2, 0.25) is 0 Å². The van der Waals surface area contributed by atoms with E-state index in [0.29, 0.717) is 19.4 Å². The van der Waals surface area contributed by atoms with Crippen LogP contribution < -0.4 is 11.5 Å². The first kappa shape index (κ1) is 16.6. The summed E-state index contributed by atoms with van der Waals surface area (Å²) in [6, 6.07) is -1.04. The van der Waals surface area contributed by atoms with Gasteiger partial charge in [0, 0.05) is 6.42 Å². The molecular weight excluding hydrogens is 264 g/mol. The van der Waals surface area contributed by atoms with Gasteiger partial charge in [-0.3, -0.25) is 14.4 Å². The van der Waals surface area contributed by atoms with Crippen LogP contribution in [0.15, 0.2) is 0 Å². The van der Waals surface area contributed by atoms with Crippen molar-refractivity contribution in [1.82, 2.24) is 0 Å². The maximum atomic E-state index is 12.3. The molecular formula is C13H22N2O5. The minimum Gasteiger partial charge on any atom is -0.481 e. The molecule has 0 heterocycles. The van der Waals surface area contributed by atoms with Gasteiger partial charge < -0.3 is 21.7 Å². The first-order valence-corrected chi connectivity index (χ1v) is 6.78. The smallest absolute Gasteiger partial charge is 0.317 e. The number of carboxylic acids is 2. The van der Waals surface area contributed by atoms with Gasteiger partial charge in [-0.2, -0.15) is 0 Å². The molecule has 0 aromatic rings. The Kier molecular flexibility index (Phi) is 5.64. The third-order valence-corrected chi connectivity index (χ3v) is 4.18. The van der Waals surface area contributed by atoms with Crippen molar-refractivity contribution < 1.29 is 24.6 Å². The zero-order valence-electron chi connectivity index (χ0n) is 11.4. The van der Waals surface area contributed by atoms with Gasteiger partial charge in [-0.25, -0.2) is 0 Å². The molecule has 0 amide bonds. The predicted octanol–water partition coefficient (Wildman–Crippen LogP) is -0.0325. The van der Waals surface area contributed by atoms with Crippen LogP contribution in [-0.4, -0.2) is 40.5 Å². The summed E-state index contributed by atoms with van der Waals surface area (Å²) in [7, 11) is 0. The van der Waals surface area contributed by atoms with Crippen LogP contribution in [0.4, 0.5) is 0 Å². The predicted molar refractivity (Wildman–Crippen MR) is 70.9 cm³/mol. The summed E-state index contributed by atoms with van der Waals surface area (Å²) >= 11 is 0. The molecule has 0 aliphatic heterocycles. The van der Waals surface area contributed by atoms with E-state index in [-0.39, 0.29) is 31.6 Å². The molecule has 0 aromatic heterocycles. The van der Waals surface area contributed by atoms with Crippen molar-refractivity contribution >= 4 is 17.7 Å². The Morgan fingerprint density at radius 1 is 1.20 bits per heavy atom. The Morgan fingerprint density at radius 3 is 2.15 bits per heavy atom. The number of Topliss-reactive ketones (excluding diaryl/α,β-unsaturated/α-hetero) is 1. The molecule has 7 heteroatoms. The molecule has 1 aliphatic rings. The standard InChI is InChI=1S/C13H22N2O5/c14-7-8-3-5-13(6-4-8,12(19)20)11(18)9(15)1-2-10(16)17/h8-9H,1-7,14-15H2,(H,16,17)(H,19,20)/t8?,9-,13?/m0/s1. The Balaban J connectivity index is 2.78. The highest BCUT2D eigenvalue weighted by Gasteiger charge is 2.49. The summed E-state index contributed by atoms with van der Waals surface area (Å²) < 4.78 is 0. The maximum absolute atomic E-state index is 12.3. The lowest BCUT2D eigenvalue weighted by atomic mass is 9.66. The molecule has 7 nitrogen and oxygen atoms in total. The van der Waals surface area contributed by atoms with Crippen molar-refractivity contribution in [2.75, 3.05) is 6.54 Å². The van der Waals surface area contributed by atoms with Gasteiger partial charge in [0.15, 0.2) is 5.78 Å². The summed E-state index contributed by atoms with van der Waals surface area (Å²) in [6.07, 6.45) is 1.34. The van der Waals surface area contributed by atoms with Crippen LogP contribution in [0.3, 0.4) is 0 Å². The van der Waals surface area contributed by atoms with E-state index < -0.39 is 29.2 Å². The molecule has 6 N–H and O–H groups in total. The van der Waals surface area contributed by atoms with Crippen LogP contribution in [0, 0.1) is 11.3 Å². The summed E-state index contributed by atoms with van der Waals surface area (Å²) in [6.45, 7) is 0.481. The monoisotopic (exact) mass is 286 g/mol. The van der Waals surface area contributed by atoms with Gasteiger partial charge in [-0.15, -0.1) is 0 Å². The van der Waals surface area contributed by atoms with Crippen molar-refractivity contribution in [2.45, 2.75) is 44.6 Å². The fraction of sp³-hybridized carbons (Fsp3) is 0.769. The number of carboxylic acid groups (broad SMARTS) is 2. The molecule has 0 radical (unpaired) electrons.